The summed E-state index contributed by atoms with van der Waals surface area (Å²) >= 11 is 0. The van der Waals surface area contributed by atoms with E-state index in [0.29, 0.717) is 30.5 Å². The average Bonchev–Trinajstić information content (AvgIpc) is 3.64. The molecule has 3 aromatic rings. The van der Waals surface area contributed by atoms with Crippen LogP contribution in [-0.4, -0.2) is 44.8 Å². The van der Waals surface area contributed by atoms with Crippen molar-refractivity contribution >= 4 is 30.0 Å². The molecule has 1 aliphatic heterocycles. The molecule has 2 atom stereocenters. The zero-order valence-electron chi connectivity index (χ0n) is 26.1. The fourth-order valence-corrected chi connectivity index (χ4v) is 5.49. The number of aromatic nitrogens is 4. The van der Waals surface area contributed by atoms with Crippen molar-refractivity contribution in [1.82, 2.24) is 19.5 Å². The number of nitrogens with zero attached hydrogens (tertiary/aromatic N) is 4. The Labute approximate surface area is 260 Å². The van der Waals surface area contributed by atoms with Gasteiger partial charge in [0.1, 0.15) is 12.0 Å². The van der Waals surface area contributed by atoms with Gasteiger partial charge in [0.05, 0.1) is 12.9 Å². The third-order valence-corrected chi connectivity index (χ3v) is 7.99. The molecular formula is C33H45BFN5O4. The van der Waals surface area contributed by atoms with Crippen LogP contribution >= 0.6 is 0 Å². The Morgan fingerprint density at radius 1 is 1.11 bits per heavy atom. The van der Waals surface area contributed by atoms with Gasteiger partial charge in [-0.05, 0) is 38.2 Å². The van der Waals surface area contributed by atoms with Crippen molar-refractivity contribution in [3.63, 3.8) is 0 Å². The molecule has 1 aromatic carbocycles. The van der Waals surface area contributed by atoms with Crippen LogP contribution in [0.1, 0.15) is 103 Å². The fourth-order valence-electron chi connectivity index (χ4n) is 5.49. The zero-order chi connectivity index (χ0) is 31.2. The van der Waals surface area contributed by atoms with E-state index in [4.69, 9.17) is 20.5 Å². The second-order valence-corrected chi connectivity index (χ2v) is 11.6. The molecule has 0 aliphatic carbocycles. The molecule has 0 radical (unpaired) electrons. The Morgan fingerprint density at radius 2 is 1.80 bits per heavy atom. The van der Waals surface area contributed by atoms with E-state index in [2.05, 4.69) is 33.1 Å². The quantitative estimate of drug-likeness (QED) is 0.0654. The molecule has 1 N–H and O–H groups in total. The van der Waals surface area contributed by atoms with Gasteiger partial charge in [0.15, 0.2) is 22.6 Å². The molecule has 2 aromatic heterocycles. The van der Waals surface area contributed by atoms with Crippen molar-refractivity contribution in [2.24, 2.45) is 0 Å². The number of terminal acetylenes is 1. The van der Waals surface area contributed by atoms with E-state index in [1.165, 1.54) is 57.7 Å². The summed E-state index contributed by atoms with van der Waals surface area (Å²) in [7, 11) is -0.544. The molecule has 11 heteroatoms. The third kappa shape index (κ3) is 9.76. The van der Waals surface area contributed by atoms with Crippen molar-refractivity contribution in [1.29, 1.82) is 0 Å². The number of benzene rings is 1. The third-order valence-electron chi connectivity index (χ3n) is 7.99. The molecule has 1 fully saturated rings. The first kappa shape index (κ1) is 33.4. The molecule has 1 aliphatic rings. The lowest BCUT2D eigenvalue weighted by atomic mass is 9.93. The predicted octanol–water partition coefficient (Wildman–Crippen LogP) is 7.50. The van der Waals surface area contributed by atoms with Gasteiger partial charge in [0.25, 0.3) is 0 Å². The number of hydrogen-bond acceptors (Lipinski definition) is 7. The number of hydrogen-bond donors (Lipinski definition) is 1. The van der Waals surface area contributed by atoms with Gasteiger partial charge >= 0.3 is 13.2 Å². The first-order chi connectivity index (χ1) is 21.4. The smallest absolute Gasteiger partial charge is 0.522 e. The van der Waals surface area contributed by atoms with Crippen LogP contribution in [0.25, 0.3) is 11.2 Å². The van der Waals surface area contributed by atoms with Gasteiger partial charge < -0.3 is 19.4 Å². The second kappa shape index (κ2) is 17.1. The number of amides is 1. The molecule has 236 valence electrons. The SMILES string of the molecule is C#CC1(COB(C)Oc2ccccc2)CCC(n2cnc3c(NC(=O)CCCCCCCCCCCCC)nc(F)nc32)O1. The Balaban J connectivity index is 1.25. The molecule has 9 nitrogen and oxygen atoms in total. The highest BCUT2D eigenvalue weighted by Gasteiger charge is 2.41. The molecule has 0 saturated carbocycles. The van der Waals surface area contributed by atoms with E-state index in [9.17, 15) is 9.18 Å². The van der Waals surface area contributed by atoms with Crippen LogP contribution in [0.5, 0.6) is 5.75 Å². The number of imidazole rings is 1. The Bertz CT molecular complexity index is 1370. The first-order valence-corrected chi connectivity index (χ1v) is 16.1. The molecule has 2 unspecified atom stereocenters. The van der Waals surface area contributed by atoms with Gasteiger partial charge in [-0.2, -0.15) is 14.4 Å². The van der Waals surface area contributed by atoms with Crippen molar-refractivity contribution in [2.75, 3.05) is 11.9 Å². The standard InChI is InChI=1S/C33H45BFN5O4/c1-4-6-7-8-9-10-11-12-13-14-18-21-27(41)37-30-29-31(39-32(35)38-30)40(25-36-29)28-22-23-33(5-2,43-28)24-42-34(3)44-26-19-16-15-17-20-26/h2,15-17,19-20,25,28H,4,6-14,18,21-24H2,1,3H3,(H,37,38,39,41). The number of ether oxygens (including phenoxy) is 1. The van der Waals surface area contributed by atoms with Crippen LogP contribution in [0.2, 0.25) is 6.82 Å². The van der Waals surface area contributed by atoms with Gasteiger partial charge in [0, 0.05) is 6.42 Å². The summed E-state index contributed by atoms with van der Waals surface area (Å²) in [4.78, 5) is 24.8. The maximum absolute atomic E-state index is 14.5. The molecule has 1 saturated heterocycles. The number of carbonyl (C=O) groups is 1. The fraction of sp³-hybridized carbons (Fsp3) is 0.576. The Morgan fingerprint density at radius 3 is 2.48 bits per heavy atom. The number of para-hydroxylation sites is 1. The van der Waals surface area contributed by atoms with Gasteiger partial charge in [-0.25, -0.2) is 4.98 Å². The van der Waals surface area contributed by atoms with Gasteiger partial charge in [0.2, 0.25) is 5.91 Å². The molecule has 3 heterocycles. The molecular weight excluding hydrogens is 560 g/mol. The summed E-state index contributed by atoms with van der Waals surface area (Å²) in [5.74, 6) is 3.25. The first-order valence-electron chi connectivity index (χ1n) is 16.1. The lowest BCUT2D eigenvalue weighted by Crippen LogP contribution is -2.37. The monoisotopic (exact) mass is 605 g/mol. The van der Waals surface area contributed by atoms with Crippen molar-refractivity contribution in [3.8, 4) is 18.1 Å². The summed E-state index contributed by atoms with van der Waals surface area (Å²) in [6, 6.07) is 9.37. The Kier molecular flexibility index (Phi) is 13.0. The highest BCUT2D eigenvalue weighted by Crippen LogP contribution is 2.38. The lowest BCUT2D eigenvalue weighted by Gasteiger charge is -2.25. The van der Waals surface area contributed by atoms with E-state index in [0.717, 1.165) is 19.3 Å². The van der Waals surface area contributed by atoms with E-state index in [-0.39, 0.29) is 24.0 Å². The van der Waals surface area contributed by atoms with Crippen molar-refractivity contribution in [2.45, 2.75) is 115 Å². The topological polar surface area (TPSA) is 100 Å². The second-order valence-electron chi connectivity index (χ2n) is 11.6. The van der Waals surface area contributed by atoms with E-state index in [1.807, 2.05) is 30.3 Å². The van der Waals surface area contributed by atoms with Crippen LogP contribution in [-0.2, 0) is 14.2 Å². The molecule has 44 heavy (non-hydrogen) atoms. The molecule has 0 bridgehead atoms. The molecule has 1 amide bonds. The lowest BCUT2D eigenvalue weighted by molar-refractivity contribution is -0.116. The largest absolute Gasteiger partial charge is 0.536 e. The van der Waals surface area contributed by atoms with Crippen LogP contribution in [0.15, 0.2) is 36.7 Å². The van der Waals surface area contributed by atoms with Crippen LogP contribution < -0.4 is 9.97 Å². The van der Waals surface area contributed by atoms with Crippen LogP contribution in [0.4, 0.5) is 10.2 Å². The summed E-state index contributed by atoms with van der Waals surface area (Å²) in [5, 5.41) is 2.73. The van der Waals surface area contributed by atoms with Gasteiger partial charge in [-0.3, -0.25) is 9.36 Å². The average molecular weight is 606 g/mol. The highest BCUT2D eigenvalue weighted by molar-refractivity contribution is 6.43. The number of nitrogens with one attached hydrogen (secondary N) is 1. The minimum atomic E-state index is -0.993. The van der Waals surface area contributed by atoms with Crippen molar-refractivity contribution in [3.05, 3.63) is 42.7 Å². The maximum atomic E-state index is 14.5. The number of unbranched alkanes of at least 4 members (excludes halogenated alkanes) is 10. The van der Waals surface area contributed by atoms with Crippen LogP contribution in [0.3, 0.4) is 0 Å². The summed E-state index contributed by atoms with van der Waals surface area (Å²) in [6.07, 6.45) is 20.5. The molecule has 0 spiro atoms. The summed E-state index contributed by atoms with van der Waals surface area (Å²) < 4.78 is 34.1. The minimum absolute atomic E-state index is 0.0516. The van der Waals surface area contributed by atoms with E-state index < -0.39 is 25.0 Å². The van der Waals surface area contributed by atoms with Crippen LogP contribution in [0, 0.1) is 18.4 Å². The van der Waals surface area contributed by atoms with E-state index in [1.54, 1.807) is 11.4 Å². The zero-order valence-corrected chi connectivity index (χ0v) is 26.1. The minimum Gasteiger partial charge on any atom is -0.536 e. The number of halogens is 1. The number of anilines is 1. The Hall–Kier alpha value is -3.49. The predicted molar refractivity (Wildman–Crippen MR) is 171 cm³/mol. The molecule has 4 rings (SSSR count). The van der Waals surface area contributed by atoms with Gasteiger partial charge in [-0.1, -0.05) is 95.3 Å². The number of fused-ring (bicyclic) bond motifs is 1. The van der Waals surface area contributed by atoms with E-state index >= 15 is 0 Å². The summed E-state index contributed by atoms with van der Waals surface area (Å²) in [5.41, 5.74) is -0.476. The normalized spacial score (nSPS) is 17.9. The number of carbonyl (C=O) groups excluding carboxylic acids is 1. The maximum Gasteiger partial charge on any atom is 0.522 e. The van der Waals surface area contributed by atoms with Gasteiger partial charge in [-0.15, -0.1) is 6.42 Å². The van der Waals surface area contributed by atoms with Crippen molar-refractivity contribution < 1.29 is 23.2 Å². The summed E-state index contributed by atoms with van der Waals surface area (Å²) in [6.45, 7) is 4.14. The highest BCUT2D eigenvalue weighted by atomic mass is 19.1. The number of rotatable bonds is 19.